The Balaban J connectivity index is 3.28. The van der Waals surface area contributed by atoms with E-state index in [0.717, 1.165) is 0 Å². The van der Waals surface area contributed by atoms with Crippen LogP contribution < -0.4 is 4.74 Å². The summed E-state index contributed by atoms with van der Waals surface area (Å²) in [6, 6.07) is 1.32. The first-order chi connectivity index (χ1) is 8.53. The molecule has 1 aromatic carbocycles. The third kappa shape index (κ3) is 4.46. The lowest BCUT2D eigenvalue weighted by Gasteiger charge is -2.13. The average molecular weight is 286 g/mol. The molecule has 0 N–H and O–H groups in total. The van der Waals surface area contributed by atoms with Gasteiger partial charge in [0, 0.05) is 12.0 Å². The minimum Gasteiger partial charge on any atom is -0.406 e. The smallest absolute Gasteiger partial charge is 0.406 e. The number of Topliss-reactive ketones (excluding diaryl/α,β-unsaturated/α-hetero) is 1. The molecule has 0 heterocycles. The van der Waals surface area contributed by atoms with Crippen LogP contribution in [0.5, 0.6) is 5.75 Å². The SMILES string of the molecule is CCC(=O)c1cc(OC(F)(F)F)cc(C(F)(F)F)c1. The number of carbonyl (C=O) groups excluding carboxylic acids is 1. The highest BCUT2D eigenvalue weighted by Gasteiger charge is 2.35. The molecule has 0 spiro atoms. The van der Waals surface area contributed by atoms with Crippen molar-refractivity contribution in [3.63, 3.8) is 0 Å². The fourth-order valence-corrected chi connectivity index (χ4v) is 1.32. The Morgan fingerprint density at radius 3 is 2.11 bits per heavy atom. The third-order valence-electron chi connectivity index (χ3n) is 2.11. The third-order valence-corrected chi connectivity index (χ3v) is 2.11. The summed E-state index contributed by atoms with van der Waals surface area (Å²) in [6.07, 6.45) is -10.1. The van der Waals surface area contributed by atoms with Crippen LogP contribution in [-0.4, -0.2) is 12.1 Å². The molecule has 0 aliphatic rings. The molecule has 0 saturated carbocycles. The lowest BCUT2D eigenvalue weighted by atomic mass is 10.0. The van der Waals surface area contributed by atoms with Gasteiger partial charge in [0.2, 0.25) is 0 Å². The summed E-state index contributed by atoms with van der Waals surface area (Å²) in [5.41, 5.74) is -1.84. The number of benzene rings is 1. The van der Waals surface area contributed by atoms with Crippen LogP contribution in [0.4, 0.5) is 26.3 Å². The molecule has 106 valence electrons. The molecule has 1 aromatic rings. The highest BCUT2D eigenvalue weighted by atomic mass is 19.4. The average Bonchev–Trinajstić information content (AvgIpc) is 2.24. The van der Waals surface area contributed by atoms with Crippen molar-refractivity contribution < 1.29 is 35.9 Å². The van der Waals surface area contributed by atoms with Crippen molar-refractivity contribution >= 4 is 5.78 Å². The molecule has 1 rings (SSSR count). The molecule has 19 heavy (non-hydrogen) atoms. The minimum absolute atomic E-state index is 0.132. The molecule has 8 heteroatoms. The molecular formula is C11H8F6O2. The summed E-state index contributed by atoms with van der Waals surface area (Å²) < 4.78 is 76.9. The van der Waals surface area contributed by atoms with E-state index < -0.39 is 35.2 Å². The standard InChI is InChI=1S/C11H8F6O2/c1-2-9(18)6-3-7(10(12,13)14)5-8(4-6)19-11(15,16)17/h3-5H,2H2,1H3. The lowest BCUT2D eigenvalue weighted by Crippen LogP contribution is -2.18. The number of hydrogen-bond acceptors (Lipinski definition) is 2. The van der Waals surface area contributed by atoms with Gasteiger partial charge in [-0.15, -0.1) is 13.2 Å². The van der Waals surface area contributed by atoms with E-state index in [4.69, 9.17) is 0 Å². The number of alkyl halides is 6. The van der Waals surface area contributed by atoms with Crippen LogP contribution in [0.3, 0.4) is 0 Å². The van der Waals surface area contributed by atoms with Crippen LogP contribution >= 0.6 is 0 Å². The molecule has 0 fully saturated rings. The molecule has 2 nitrogen and oxygen atoms in total. The second-order valence-corrected chi connectivity index (χ2v) is 3.57. The molecule has 0 atom stereocenters. The van der Waals surface area contributed by atoms with Crippen LogP contribution in [0, 0.1) is 0 Å². The molecule has 0 bridgehead atoms. The van der Waals surface area contributed by atoms with Gasteiger partial charge in [0.1, 0.15) is 5.75 Å². The van der Waals surface area contributed by atoms with Gasteiger partial charge in [-0.05, 0) is 18.2 Å². The van der Waals surface area contributed by atoms with E-state index in [1.54, 1.807) is 0 Å². The normalized spacial score (nSPS) is 12.4. The van der Waals surface area contributed by atoms with Gasteiger partial charge in [0.05, 0.1) is 5.56 Å². The van der Waals surface area contributed by atoms with Gasteiger partial charge in [0.25, 0.3) is 0 Å². The number of carbonyl (C=O) groups is 1. The first-order valence-corrected chi connectivity index (χ1v) is 5.04. The largest absolute Gasteiger partial charge is 0.573 e. The molecule has 0 aromatic heterocycles. The van der Waals surface area contributed by atoms with Gasteiger partial charge in [-0.25, -0.2) is 0 Å². The Morgan fingerprint density at radius 2 is 1.68 bits per heavy atom. The maximum absolute atomic E-state index is 12.5. The van der Waals surface area contributed by atoms with Gasteiger partial charge >= 0.3 is 12.5 Å². The Labute approximate surface area is 104 Å². The summed E-state index contributed by atoms with van der Waals surface area (Å²) >= 11 is 0. The van der Waals surface area contributed by atoms with Gasteiger partial charge in [-0.3, -0.25) is 4.79 Å². The summed E-state index contributed by atoms with van der Waals surface area (Å²) in [7, 11) is 0. The first kappa shape index (κ1) is 15.3. The van der Waals surface area contributed by atoms with Crippen molar-refractivity contribution in [1.29, 1.82) is 0 Å². The maximum atomic E-state index is 12.5. The Hall–Kier alpha value is -1.73. The van der Waals surface area contributed by atoms with Crippen LogP contribution in [0.2, 0.25) is 0 Å². The zero-order valence-electron chi connectivity index (χ0n) is 9.52. The van der Waals surface area contributed by atoms with Crippen molar-refractivity contribution in [2.75, 3.05) is 0 Å². The Kier molecular flexibility index (Phi) is 4.12. The maximum Gasteiger partial charge on any atom is 0.573 e. The zero-order chi connectivity index (χ0) is 14.8. The summed E-state index contributed by atoms with van der Waals surface area (Å²) in [4.78, 5) is 11.3. The predicted molar refractivity (Wildman–Crippen MR) is 52.7 cm³/mol. The summed E-state index contributed by atoms with van der Waals surface area (Å²) in [5.74, 6) is -1.78. The van der Waals surface area contributed by atoms with E-state index >= 15 is 0 Å². The highest BCUT2D eigenvalue weighted by Crippen LogP contribution is 2.34. The zero-order valence-corrected chi connectivity index (χ0v) is 9.52. The van der Waals surface area contributed by atoms with Crippen LogP contribution in [0.25, 0.3) is 0 Å². The second-order valence-electron chi connectivity index (χ2n) is 3.57. The Morgan fingerprint density at radius 1 is 1.11 bits per heavy atom. The molecule has 0 unspecified atom stereocenters. The topological polar surface area (TPSA) is 26.3 Å². The van der Waals surface area contributed by atoms with Crippen molar-refractivity contribution in [2.24, 2.45) is 0 Å². The van der Waals surface area contributed by atoms with Gasteiger partial charge < -0.3 is 4.74 Å². The van der Waals surface area contributed by atoms with Crippen LogP contribution in [0.15, 0.2) is 18.2 Å². The summed E-state index contributed by atoms with van der Waals surface area (Å²) in [5, 5.41) is 0. The van der Waals surface area contributed by atoms with Crippen molar-refractivity contribution in [3.05, 3.63) is 29.3 Å². The van der Waals surface area contributed by atoms with Gasteiger partial charge in [-0.1, -0.05) is 6.92 Å². The summed E-state index contributed by atoms with van der Waals surface area (Å²) in [6.45, 7) is 1.38. The van der Waals surface area contributed by atoms with Crippen molar-refractivity contribution in [3.8, 4) is 5.75 Å². The van der Waals surface area contributed by atoms with E-state index in [-0.39, 0.29) is 12.5 Å². The Bertz CT molecular complexity index is 475. The van der Waals surface area contributed by atoms with E-state index in [1.807, 2.05) is 0 Å². The molecule has 0 radical (unpaired) electrons. The number of halogens is 6. The van der Waals surface area contributed by atoms with Gasteiger partial charge in [-0.2, -0.15) is 13.2 Å². The fourth-order valence-electron chi connectivity index (χ4n) is 1.32. The monoisotopic (exact) mass is 286 g/mol. The minimum atomic E-state index is -5.13. The van der Waals surface area contributed by atoms with E-state index in [2.05, 4.69) is 4.74 Å². The fraction of sp³-hybridized carbons (Fsp3) is 0.364. The molecule has 0 saturated heterocycles. The van der Waals surface area contributed by atoms with E-state index in [0.29, 0.717) is 12.1 Å². The first-order valence-electron chi connectivity index (χ1n) is 5.04. The van der Waals surface area contributed by atoms with E-state index in [9.17, 15) is 31.1 Å². The predicted octanol–water partition coefficient (Wildman–Crippen LogP) is 4.20. The van der Waals surface area contributed by atoms with Gasteiger partial charge in [0.15, 0.2) is 5.78 Å². The van der Waals surface area contributed by atoms with Crippen LogP contribution in [-0.2, 0) is 6.18 Å². The van der Waals surface area contributed by atoms with E-state index in [1.165, 1.54) is 6.92 Å². The number of ketones is 1. The number of hydrogen-bond donors (Lipinski definition) is 0. The van der Waals surface area contributed by atoms with Crippen molar-refractivity contribution in [2.45, 2.75) is 25.9 Å². The number of ether oxygens (including phenoxy) is 1. The molecule has 0 aliphatic carbocycles. The second kappa shape index (κ2) is 5.10. The molecule has 0 amide bonds. The quantitative estimate of drug-likeness (QED) is 0.615. The lowest BCUT2D eigenvalue weighted by molar-refractivity contribution is -0.274. The van der Waals surface area contributed by atoms with Crippen LogP contribution in [0.1, 0.15) is 29.3 Å². The molecule has 0 aliphatic heterocycles. The molecular weight excluding hydrogens is 278 g/mol. The van der Waals surface area contributed by atoms with Crippen molar-refractivity contribution in [1.82, 2.24) is 0 Å². The highest BCUT2D eigenvalue weighted by molar-refractivity contribution is 5.96. The number of rotatable bonds is 3.